The summed E-state index contributed by atoms with van der Waals surface area (Å²) in [6, 6.07) is 11.1. The van der Waals surface area contributed by atoms with E-state index < -0.39 is 5.41 Å². The fourth-order valence-electron chi connectivity index (χ4n) is 4.09. The van der Waals surface area contributed by atoms with E-state index in [-0.39, 0.29) is 12.4 Å². The van der Waals surface area contributed by atoms with E-state index in [2.05, 4.69) is 24.9 Å². The number of ether oxygens (including phenoxy) is 2. The number of aliphatic hydroxyl groups is 1. The molecule has 2 aromatic carbocycles. The van der Waals surface area contributed by atoms with Crippen molar-refractivity contribution in [2.75, 3.05) is 20.3 Å². The van der Waals surface area contributed by atoms with Crippen LogP contribution in [0.25, 0.3) is 10.9 Å². The smallest absolute Gasteiger partial charge is 0.195 e. The molecule has 2 N–H and O–H groups in total. The highest BCUT2D eigenvalue weighted by atomic mass is 16.5. The van der Waals surface area contributed by atoms with Crippen LogP contribution in [0.5, 0.6) is 11.5 Å². The molecule has 6 nitrogen and oxygen atoms in total. The van der Waals surface area contributed by atoms with E-state index in [1.54, 1.807) is 24.3 Å². The van der Waals surface area contributed by atoms with E-state index in [1.807, 2.05) is 6.07 Å². The number of rotatable bonds is 5. The van der Waals surface area contributed by atoms with Gasteiger partial charge in [-0.1, -0.05) is 19.9 Å². The van der Waals surface area contributed by atoms with Crippen LogP contribution in [0.1, 0.15) is 53.0 Å². The van der Waals surface area contributed by atoms with Gasteiger partial charge in [-0.25, -0.2) is 0 Å². The molecule has 1 aliphatic rings. The Balaban J connectivity index is 1.91. The number of aliphatic hydroxyl groups excluding tert-OH is 1. The maximum atomic E-state index is 13.4. The molecule has 0 unspecified atom stereocenters. The minimum atomic E-state index is -0.480. The molecule has 1 heterocycles. The highest BCUT2D eigenvalue weighted by Gasteiger charge is 2.40. The van der Waals surface area contributed by atoms with E-state index in [0.29, 0.717) is 46.7 Å². The molecule has 0 fully saturated rings. The number of aromatic amines is 1. The molecule has 148 valence electrons. The molecule has 1 aromatic heterocycles. The molecule has 0 bridgehead atoms. The van der Waals surface area contributed by atoms with Gasteiger partial charge in [0.1, 0.15) is 11.8 Å². The van der Waals surface area contributed by atoms with Crippen LogP contribution in [0.4, 0.5) is 0 Å². The van der Waals surface area contributed by atoms with Crippen molar-refractivity contribution in [1.29, 1.82) is 5.26 Å². The van der Waals surface area contributed by atoms with Gasteiger partial charge < -0.3 is 19.6 Å². The minimum absolute atomic E-state index is 0.0609. The number of carbonyl (C=O) groups excluding carboxylic acids is 1. The summed E-state index contributed by atoms with van der Waals surface area (Å²) in [5, 5.41) is 19.1. The van der Waals surface area contributed by atoms with Crippen LogP contribution >= 0.6 is 0 Å². The summed E-state index contributed by atoms with van der Waals surface area (Å²) in [6.45, 7) is 4.60. The summed E-state index contributed by atoms with van der Waals surface area (Å²) in [6.07, 6.45) is 0.548. The lowest BCUT2D eigenvalue weighted by Crippen LogP contribution is -2.30. The third-order valence-corrected chi connectivity index (χ3v) is 5.58. The number of carbonyl (C=O) groups is 1. The second kappa shape index (κ2) is 6.94. The third kappa shape index (κ3) is 2.78. The van der Waals surface area contributed by atoms with E-state index in [0.717, 1.165) is 16.6 Å². The lowest BCUT2D eigenvalue weighted by Gasteiger charge is -2.32. The predicted molar refractivity (Wildman–Crippen MR) is 109 cm³/mol. The Morgan fingerprint density at radius 3 is 2.72 bits per heavy atom. The number of aromatic nitrogens is 1. The number of nitrogens with zero attached hydrogens (tertiary/aromatic N) is 1. The molecular formula is C23H22N2O4. The van der Waals surface area contributed by atoms with Crippen molar-refractivity contribution < 1.29 is 19.4 Å². The fraction of sp³-hybridized carbons (Fsp3) is 0.304. The number of hydrogen-bond donors (Lipinski definition) is 2. The first-order valence-corrected chi connectivity index (χ1v) is 9.50. The number of H-pyrrole nitrogens is 1. The summed E-state index contributed by atoms with van der Waals surface area (Å²) in [4.78, 5) is 16.8. The van der Waals surface area contributed by atoms with E-state index in [9.17, 15) is 10.1 Å². The summed E-state index contributed by atoms with van der Waals surface area (Å²) < 4.78 is 11.2. The van der Waals surface area contributed by atoms with Crippen molar-refractivity contribution >= 4 is 16.7 Å². The first-order valence-electron chi connectivity index (χ1n) is 9.50. The summed E-state index contributed by atoms with van der Waals surface area (Å²) >= 11 is 0. The lowest BCUT2D eigenvalue weighted by molar-refractivity contribution is 0.103. The Morgan fingerprint density at radius 2 is 2.03 bits per heavy atom. The lowest BCUT2D eigenvalue weighted by atomic mass is 9.71. The van der Waals surface area contributed by atoms with Crippen LogP contribution in [-0.2, 0) is 5.41 Å². The Hall–Kier alpha value is -3.30. The standard InChI is InChI=1S/C23H22N2O4/c1-23(2)17-11-14(29-10-4-9-26)6-8-15(17)20(27)18-16-7-5-13(12-24)21(28-3)19(16)25-22(18)23/h5-8,11,25-26H,4,9-10H2,1-3H3. The minimum Gasteiger partial charge on any atom is -0.493 e. The van der Waals surface area contributed by atoms with Gasteiger partial charge in [0.25, 0.3) is 0 Å². The van der Waals surface area contributed by atoms with Crippen LogP contribution in [0.3, 0.4) is 0 Å². The van der Waals surface area contributed by atoms with Gasteiger partial charge >= 0.3 is 0 Å². The average molecular weight is 390 g/mol. The zero-order valence-electron chi connectivity index (χ0n) is 16.6. The number of nitriles is 1. The normalized spacial score (nSPS) is 14.2. The first kappa shape index (κ1) is 19.0. The van der Waals surface area contributed by atoms with Gasteiger partial charge in [0.15, 0.2) is 11.5 Å². The van der Waals surface area contributed by atoms with E-state index >= 15 is 0 Å². The molecule has 29 heavy (non-hydrogen) atoms. The highest BCUT2D eigenvalue weighted by Crippen LogP contribution is 2.46. The molecule has 0 saturated heterocycles. The molecule has 3 aromatic rings. The summed E-state index contributed by atoms with van der Waals surface area (Å²) in [5.41, 5.74) is 3.53. The summed E-state index contributed by atoms with van der Waals surface area (Å²) in [7, 11) is 1.52. The van der Waals surface area contributed by atoms with Crippen molar-refractivity contribution in [2.45, 2.75) is 25.7 Å². The Bertz CT molecular complexity index is 1170. The Kier molecular flexibility index (Phi) is 4.56. The monoisotopic (exact) mass is 390 g/mol. The average Bonchev–Trinajstić information content (AvgIpc) is 3.12. The maximum absolute atomic E-state index is 13.4. The summed E-state index contributed by atoms with van der Waals surface area (Å²) in [5.74, 6) is 1.05. The number of benzene rings is 2. The number of fused-ring (bicyclic) bond motifs is 4. The molecule has 1 aliphatic carbocycles. The zero-order chi connectivity index (χ0) is 20.8. The van der Waals surface area contributed by atoms with Crippen molar-refractivity contribution in [3.05, 3.63) is 58.3 Å². The number of methoxy groups -OCH3 is 1. The van der Waals surface area contributed by atoms with Gasteiger partial charge in [-0.15, -0.1) is 0 Å². The molecule has 0 atom stereocenters. The van der Waals surface area contributed by atoms with Crippen molar-refractivity contribution in [2.24, 2.45) is 0 Å². The largest absolute Gasteiger partial charge is 0.493 e. The molecular weight excluding hydrogens is 368 g/mol. The van der Waals surface area contributed by atoms with E-state index in [1.165, 1.54) is 7.11 Å². The maximum Gasteiger partial charge on any atom is 0.195 e. The van der Waals surface area contributed by atoms with Gasteiger partial charge in [-0.2, -0.15) is 5.26 Å². The van der Waals surface area contributed by atoms with Crippen molar-refractivity contribution in [3.8, 4) is 17.6 Å². The number of hydrogen-bond acceptors (Lipinski definition) is 5. The number of ketones is 1. The van der Waals surface area contributed by atoms with Crippen molar-refractivity contribution in [1.82, 2.24) is 4.98 Å². The molecule has 0 saturated carbocycles. The van der Waals surface area contributed by atoms with Gasteiger partial charge in [-0.3, -0.25) is 4.79 Å². The SMILES string of the molecule is COc1c(C#N)ccc2c3c([nH]c12)C(C)(C)c1cc(OCCCO)ccc1C3=O. The number of nitrogens with one attached hydrogen (secondary N) is 1. The molecule has 0 aliphatic heterocycles. The van der Waals surface area contributed by atoms with Crippen LogP contribution in [0.15, 0.2) is 30.3 Å². The van der Waals surface area contributed by atoms with E-state index in [4.69, 9.17) is 14.6 Å². The van der Waals surface area contributed by atoms with Crippen LogP contribution in [0.2, 0.25) is 0 Å². The Morgan fingerprint density at radius 1 is 1.24 bits per heavy atom. The van der Waals surface area contributed by atoms with Gasteiger partial charge in [0, 0.05) is 35.1 Å². The molecule has 0 radical (unpaired) electrons. The topological polar surface area (TPSA) is 95.3 Å². The quantitative estimate of drug-likeness (QED) is 0.648. The van der Waals surface area contributed by atoms with Gasteiger partial charge in [0.05, 0.1) is 30.4 Å². The Labute approximate surface area is 168 Å². The van der Waals surface area contributed by atoms with Crippen LogP contribution in [0, 0.1) is 11.3 Å². The third-order valence-electron chi connectivity index (χ3n) is 5.58. The van der Waals surface area contributed by atoms with Gasteiger partial charge in [0.2, 0.25) is 0 Å². The molecule has 0 spiro atoms. The fourth-order valence-corrected chi connectivity index (χ4v) is 4.09. The highest BCUT2D eigenvalue weighted by molar-refractivity contribution is 6.20. The second-order valence-corrected chi connectivity index (χ2v) is 7.64. The zero-order valence-corrected chi connectivity index (χ0v) is 16.6. The van der Waals surface area contributed by atoms with Crippen LogP contribution < -0.4 is 9.47 Å². The first-order chi connectivity index (χ1) is 13.9. The second-order valence-electron chi connectivity index (χ2n) is 7.64. The predicted octanol–water partition coefficient (Wildman–Crippen LogP) is 3.68. The molecule has 4 rings (SSSR count). The van der Waals surface area contributed by atoms with Gasteiger partial charge in [-0.05, 0) is 29.8 Å². The molecule has 6 heteroatoms. The van der Waals surface area contributed by atoms with Crippen molar-refractivity contribution in [3.63, 3.8) is 0 Å². The van der Waals surface area contributed by atoms with Crippen LogP contribution in [-0.4, -0.2) is 36.2 Å². The molecule has 0 amide bonds.